The van der Waals surface area contributed by atoms with E-state index >= 15 is 0 Å². The van der Waals surface area contributed by atoms with E-state index in [4.69, 9.17) is 0 Å². The first-order chi connectivity index (χ1) is 8.66. The minimum Gasteiger partial charge on any atom is -0.311 e. The zero-order valence-corrected chi connectivity index (χ0v) is 12.8. The maximum Gasteiger partial charge on any atom is 0.0969 e. The van der Waals surface area contributed by atoms with Gasteiger partial charge in [0.05, 0.1) is 17.6 Å². The third-order valence-corrected chi connectivity index (χ3v) is 3.41. The fourth-order valence-electron chi connectivity index (χ4n) is 1.62. The molecule has 2 aromatic rings. The van der Waals surface area contributed by atoms with Crippen LogP contribution in [0.4, 0.5) is 0 Å². The van der Waals surface area contributed by atoms with Crippen LogP contribution >= 0.6 is 22.6 Å². The monoisotopic (exact) mass is 356 g/mol. The molecule has 1 aromatic carbocycles. The Morgan fingerprint density at radius 2 is 2.11 bits per heavy atom. The fraction of sp³-hybridized carbons (Fsp3) is 0.385. The highest BCUT2D eigenvalue weighted by molar-refractivity contribution is 14.1. The van der Waals surface area contributed by atoms with Crippen LogP contribution in [0, 0.1) is 9.49 Å². The molecule has 0 bridgehead atoms. The van der Waals surface area contributed by atoms with Gasteiger partial charge in [0.1, 0.15) is 0 Å². The smallest absolute Gasteiger partial charge is 0.0969 e. The quantitative estimate of drug-likeness (QED) is 0.838. The Morgan fingerprint density at radius 3 is 2.83 bits per heavy atom. The van der Waals surface area contributed by atoms with Gasteiger partial charge in [-0.1, -0.05) is 31.2 Å². The molecule has 0 saturated carbocycles. The number of nitrogens with one attached hydrogen (secondary N) is 1. The van der Waals surface area contributed by atoms with Gasteiger partial charge < -0.3 is 5.32 Å². The highest BCUT2D eigenvalue weighted by Gasteiger charge is 2.05. The summed E-state index contributed by atoms with van der Waals surface area (Å²) in [4.78, 5) is 0. The van der Waals surface area contributed by atoms with E-state index in [0.29, 0.717) is 5.92 Å². The normalized spacial score (nSPS) is 11.1. The first kappa shape index (κ1) is 13.5. The second kappa shape index (κ2) is 6.29. The zero-order chi connectivity index (χ0) is 13.0. The van der Waals surface area contributed by atoms with Crippen molar-refractivity contribution in [2.75, 3.05) is 6.54 Å². The lowest BCUT2D eigenvalue weighted by atomic mass is 10.2. The van der Waals surface area contributed by atoms with Crippen LogP contribution in [0.5, 0.6) is 0 Å². The van der Waals surface area contributed by atoms with E-state index in [1.165, 1.54) is 3.57 Å². The van der Waals surface area contributed by atoms with Crippen LogP contribution in [0.25, 0.3) is 5.69 Å². The zero-order valence-electron chi connectivity index (χ0n) is 10.6. The highest BCUT2D eigenvalue weighted by atomic mass is 127. The number of aromatic nitrogens is 3. The molecule has 0 spiro atoms. The number of hydrogen-bond acceptors (Lipinski definition) is 3. The van der Waals surface area contributed by atoms with E-state index < -0.39 is 0 Å². The van der Waals surface area contributed by atoms with E-state index in [-0.39, 0.29) is 0 Å². The molecule has 0 aliphatic carbocycles. The van der Waals surface area contributed by atoms with Gasteiger partial charge in [-0.25, -0.2) is 4.68 Å². The lowest BCUT2D eigenvalue weighted by molar-refractivity contribution is 0.548. The van der Waals surface area contributed by atoms with Crippen LogP contribution < -0.4 is 5.32 Å². The third kappa shape index (κ3) is 3.52. The van der Waals surface area contributed by atoms with Gasteiger partial charge in [-0.05, 0) is 47.2 Å². The number of hydrogen-bond donors (Lipinski definition) is 1. The first-order valence-corrected chi connectivity index (χ1v) is 7.11. The Kier molecular flexibility index (Phi) is 4.71. The molecule has 0 aliphatic rings. The standard InChI is InChI=1S/C13H17IN4/c1-10(2)7-15-8-11-9-18(17-16-11)13-6-4-3-5-12(13)14/h3-6,9-10,15H,7-8H2,1-2H3. The molecule has 0 radical (unpaired) electrons. The molecule has 0 amide bonds. The van der Waals surface area contributed by atoms with Crippen LogP contribution in [0.1, 0.15) is 19.5 Å². The van der Waals surface area contributed by atoms with Gasteiger partial charge >= 0.3 is 0 Å². The lowest BCUT2D eigenvalue weighted by Gasteiger charge is -2.04. The topological polar surface area (TPSA) is 42.7 Å². The van der Waals surface area contributed by atoms with E-state index in [1.54, 1.807) is 0 Å². The summed E-state index contributed by atoms with van der Waals surface area (Å²) < 4.78 is 3.00. The summed E-state index contributed by atoms with van der Waals surface area (Å²) in [5.41, 5.74) is 2.04. The van der Waals surface area contributed by atoms with Crippen molar-refractivity contribution < 1.29 is 0 Å². The third-order valence-electron chi connectivity index (χ3n) is 2.50. The van der Waals surface area contributed by atoms with Gasteiger partial charge in [0.15, 0.2) is 0 Å². The molecule has 5 heteroatoms. The summed E-state index contributed by atoms with van der Waals surface area (Å²) in [6, 6.07) is 8.14. The summed E-state index contributed by atoms with van der Waals surface area (Å²) in [6.07, 6.45) is 1.98. The summed E-state index contributed by atoms with van der Waals surface area (Å²) >= 11 is 2.31. The van der Waals surface area contributed by atoms with Crippen molar-refractivity contribution in [2.45, 2.75) is 20.4 Å². The molecule has 96 valence electrons. The summed E-state index contributed by atoms with van der Waals surface area (Å²) in [6.45, 7) is 6.14. The minimum atomic E-state index is 0.648. The second-order valence-corrected chi connectivity index (χ2v) is 5.79. The van der Waals surface area contributed by atoms with Gasteiger partial charge in [-0.15, -0.1) is 5.10 Å². The Morgan fingerprint density at radius 1 is 1.33 bits per heavy atom. The SMILES string of the molecule is CC(C)CNCc1cn(-c2ccccc2I)nn1. The van der Waals surface area contributed by atoms with Gasteiger partial charge in [-0.3, -0.25) is 0 Å². The Balaban J connectivity index is 2.04. The molecule has 1 N–H and O–H groups in total. The molecule has 0 saturated heterocycles. The van der Waals surface area contributed by atoms with Crippen molar-refractivity contribution in [1.82, 2.24) is 20.3 Å². The number of benzene rings is 1. The van der Waals surface area contributed by atoms with Crippen LogP contribution in [0.2, 0.25) is 0 Å². The van der Waals surface area contributed by atoms with Crippen LogP contribution in [-0.4, -0.2) is 21.5 Å². The van der Waals surface area contributed by atoms with E-state index in [9.17, 15) is 0 Å². The molecule has 0 unspecified atom stereocenters. The van der Waals surface area contributed by atoms with Crippen molar-refractivity contribution in [2.24, 2.45) is 5.92 Å². The molecule has 1 aromatic heterocycles. The van der Waals surface area contributed by atoms with Gasteiger partial charge in [0, 0.05) is 10.1 Å². The first-order valence-electron chi connectivity index (χ1n) is 6.03. The van der Waals surface area contributed by atoms with Crippen molar-refractivity contribution >= 4 is 22.6 Å². The Hall–Kier alpha value is -0.950. The fourth-order valence-corrected chi connectivity index (χ4v) is 2.26. The molecule has 1 heterocycles. The van der Waals surface area contributed by atoms with Crippen LogP contribution in [-0.2, 0) is 6.54 Å². The van der Waals surface area contributed by atoms with Crippen LogP contribution in [0.15, 0.2) is 30.5 Å². The molecular formula is C13H17IN4. The Labute approximate surface area is 121 Å². The second-order valence-electron chi connectivity index (χ2n) is 4.63. The van der Waals surface area contributed by atoms with E-state index in [2.05, 4.69) is 58.1 Å². The molecule has 0 fully saturated rings. The van der Waals surface area contributed by atoms with Crippen LogP contribution in [0.3, 0.4) is 0 Å². The van der Waals surface area contributed by atoms with E-state index in [1.807, 2.05) is 29.1 Å². The summed E-state index contributed by atoms with van der Waals surface area (Å²) in [5.74, 6) is 0.648. The molecule has 18 heavy (non-hydrogen) atoms. The summed E-state index contributed by atoms with van der Waals surface area (Å²) in [7, 11) is 0. The average molecular weight is 356 g/mol. The maximum absolute atomic E-state index is 4.18. The Bertz CT molecular complexity index is 507. The predicted molar refractivity (Wildman–Crippen MR) is 80.6 cm³/mol. The molecular weight excluding hydrogens is 339 g/mol. The maximum atomic E-state index is 4.18. The van der Waals surface area contributed by atoms with Gasteiger partial charge in [-0.2, -0.15) is 0 Å². The number of halogens is 1. The average Bonchev–Trinajstić information content (AvgIpc) is 2.78. The minimum absolute atomic E-state index is 0.648. The van der Waals surface area contributed by atoms with Gasteiger partial charge in [0.2, 0.25) is 0 Å². The number of nitrogens with zero attached hydrogens (tertiary/aromatic N) is 3. The molecule has 0 aliphatic heterocycles. The molecule has 0 atom stereocenters. The predicted octanol–water partition coefficient (Wildman–Crippen LogP) is 2.62. The number of para-hydroxylation sites is 1. The van der Waals surface area contributed by atoms with Crippen molar-refractivity contribution in [3.8, 4) is 5.69 Å². The van der Waals surface area contributed by atoms with Crippen molar-refractivity contribution in [3.05, 3.63) is 39.7 Å². The lowest BCUT2D eigenvalue weighted by Crippen LogP contribution is -2.19. The van der Waals surface area contributed by atoms with Gasteiger partial charge in [0.25, 0.3) is 0 Å². The van der Waals surface area contributed by atoms with E-state index in [0.717, 1.165) is 24.5 Å². The largest absolute Gasteiger partial charge is 0.311 e. The molecule has 4 nitrogen and oxygen atoms in total. The van der Waals surface area contributed by atoms with Crippen molar-refractivity contribution in [3.63, 3.8) is 0 Å². The highest BCUT2D eigenvalue weighted by Crippen LogP contribution is 2.15. The van der Waals surface area contributed by atoms with Crippen molar-refractivity contribution in [1.29, 1.82) is 0 Å². The molecule has 2 rings (SSSR count). The number of rotatable bonds is 5. The summed E-state index contributed by atoms with van der Waals surface area (Å²) in [5, 5.41) is 11.7.